The number of amides is 1. The maximum atomic E-state index is 13.6. The van der Waals surface area contributed by atoms with Crippen molar-refractivity contribution in [2.24, 2.45) is 10.2 Å². The SMILES string of the molecule is CC[C@@]1(c2cccc(N(C)c3ncccn3)c2)C2=C(CC(C)(C)NC2=O)NC2N=NC(Cl)=C21. The van der Waals surface area contributed by atoms with E-state index in [9.17, 15) is 4.79 Å². The first-order valence-electron chi connectivity index (χ1n) is 11.0. The highest BCUT2D eigenvalue weighted by atomic mass is 35.5. The lowest BCUT2D eigenvalue weighted by Crippen LogP contribution is -2.58. The second-order valence-electron chi connectivity index (χ2n) is 9.25. The van der Waals surface area contributed by atoms with E-state index in [1.54, 1.807) is 18.5 Å². The maximum Gasteiger partial charge on any atom is 0.250 e. The van der Waals surface area contributed by atoms with Crippen molar-refractivity contribution in [3.8, 4) is 0 Å². The van der Waals surface area contributed by atoms with Gasteiger partial charge in [0.2, 0.25) is 5.95 Å². The molecule has 0 spiro atoms. The van der Waals surface area contributed by atoms with Crippen molar-refractivity contribution in [2.45, 2.75) is 50.7 Å². The van der Waals surface area contributed by atoms with Gasteiger partial charge in [-0.3, -0.25) is 4.79 Å². The van der Waals surface area contributed by atoms with Crippen LogP contribution in [0, 0.1) is 0 Å². The Labute approximate surface area is 197 Å². The average molecular weight is 464 g/mol. The molecule has 8 nitrogen and oxygen atoms in total. The Morgan fingerprint density at radius 3 is 2.70 bits per heavy atom. The number of carbonyl (C=O) groups is 1. The minimum Gasteiger partial charge on any atom is -0.362 e. The Morgan fingerprint density at radius 1 is 1.21 bits per heavy atom. The van der Waals surface area contributed by atoms with Gasteiger partial charge >= 0.3 is 0 Å². The number of azo groups is 1. The van der Waals surface area contributed by atoms with Crippen LogP contribution in [0.15, 0.2) is 75.0 Å². The van der Waals surface area contributed by atoms with Gasteiger partial charge in [-0.25, -0.2) is 9.97 Å². The number of hydrogen-bond donors (Lipinski definition) is 2. The Bertz CT molecular complexity index is 1220. The van der Waals surface area contributed by atoms with E-state index in [0.29, 0.717) is 29.5 Å². The molecule has 0 bridgehead atoms. The highest BCUT2D eigenvalue weighted by molar-refractivity contribution is 6.30. The molecule has 0 saturated carbocycles. The quantitative estimate of drug-likeness (QED) is 0.659. The number of nitrogens with zero attached hydrogens (tertiary/aromatic N) is 5. The number of aromatic nitrogens is 2. The third kappa shape index (κ3) is 3.31. The molecule has 2 atom stereocenters. The van der Waals surface area contributed by atoms with Crippen LogP contribution in [0.3, 0.4) is 0 Å². The lowest BCUT2D eigenvalue weighted by atomic mass is 9.62. The summed E-state index contributed by atoms with van der Waals surface area (Å²) >= 11 is 6.63. The second kappa shape index (κ2) is 7.66. The van der Waals surface area contributed by atoms with Gasteiger partial charge in [0.15, 0.2) is 11.3 Å². The van der Waals surface area contributed by atoms with Crippen molar-refractivity contribution < 1.29 is 4.79 Å². The van der Waals surface area contributed by atoms with E-state index in [-0.39, 0.29) is 11.4 Å². The zero-order valence-corrected chi connectivity index (χ0v) is 19.8. The highest BCUT2D eigenvalue weighted by Gasteiger charge is 2.54. The Kier molecular flexibility index (Phi) is 5.01. The summed E-state index contributed by atoms with van der Waals surface area (Å²) in [6.07, 6.45) is 4.33. The monoisotopic (exact) mass is 463 g/mol. The van der Waals surface area contributed by atoms with Crippen LogP contribution in [0.5, 0.6) is 0 Å². The van der Waals surface area contributed by atoms with Gasteiger partial charge < -0.3 is 15.5 Å². The average Bonchev–Trinajstić information content (AvgIpc) is 3.17. The summed E-state index contributed by atoms with van der Waals surface area (Å²) in [5.41, 5.74) is 3.14. The molecule has 5 rings (SSSR count). The van der Waals surface area contributed by atoms with Crippen LogP contribution in [-0.4, -0.2) is 34.6 Å². The summed E-state index contributed by atoms with van der Waals surface area (Å²) in [6.45, 7) is 6.12. The van der Waals surface area contributed by atoms with E-state index < -0.39 is 11.6 Å². The number of carbonyl (C=O) groups excluding carboxylic acids is 1. The number of hydrogen-bond acceptors (Lipinski definition) is 7. The molecular weight excluding hydrogens is 438 g/mol. The first-order valence-corrected chi connectivity index (χ1v) is 11.4. The summed E-state index contributed by atoms with van der Waals surface area (Å²) in [5.74, 6) is 0.492. The van der Waals surface area contributed by atoms with Crippen molar-refractivity contribution >= 4 is 29.1 Å². The predicted octanol–water partition coefficient (Wildman–Crippen LogP) is 4.29. The van der Waals surface area contributed by atoms with Crippen molar-refractivity contribution in [2.75, 3.05) is 11.9 Å². The fourth-order valence-corrected chi connectivity index (χ4v) is 5.54. The molecule has 3 aliphatic rings. The van der Waals surface area contributed by atoms with Gasteiger partial charge in [0, 0.05) is 48.4 Å². The number of anilines is 2. The van der Waals surface area contributed by atoms with Gasteiger partial charge in [-0.05, 0) is 44.0 Å². The number of nitrogens with one attached hydrogen (secondary N) is 2. The molecular formula is C24H26ClN7O. The van der Waals surface area contributed by atoms with Gasteiger partial charge in [-0.2, -0.15) is 5.11 Å². The number of fused-ring (bicyclic) bond motifs is 1. The summed E-state index contributed by atoms with van der Waals surface area (Å²) in [5, 5.41) is 15.5. The maximum absolute atomic E-state index is 13.6. The molecule has 2 N–H and O–H groups in total. The Hall–Kier alpha value is -3.26. The van der Waals surface area contributed by atoms with Crippen molar-refractivity contribution in [3.63, 3.8) is 0 Å². The fraction of sp³-hybridized carbons (Fsp3) is 0.375. The largest absolute Gasteiger partial charge is 0.362 e. The standard InChI is InChI=1S/C24H26ClN7O/c1-5-24(14-8-6-9-15(12-14)32(4)22-26-10-7-11-27-22)17-16(13-23(2,3)29-21(17)33)28-20-18(24)19(25)30-31-20/h6-12,20,28H,5,13H2,1-4H3,(H,29,33)/t20?,24-/m1/s1. The van der Waals surface area contributed by atoms with Gasteiger partial charge in [0.1, 0.15) is 0 Å². The first-order chi connectivity index (χ1) is 15.8. The minimum absolute atomic E-state index is 0.0944. The Morgan fingerprint density at radius 2 is 1.97 bits per heavy atom. The topological polar surface area (TPSA) is 94.9 Å². The molecule has 1 aromatic carbocycles. The fourth-order valence-electron chi connectivity index (χ4n) is 5.23. The Balaban J connectivity index is 1.72. The number of benzene rings is 1. The molecule has 1 aromatic heterocycles. The second-order valence-corrected chi connectivity index (χ2v) is 9.61. The van der Waals surface area contributed by atoms with Crippen molar-refractivity contribution in [1.82, 2.24) is 20.6 Å². The van der Waals surface area contributed by atoms with Gasteiger partial charge in [-0.15, -0.1) is 5.11 Å². The van der Waals surface area contributed by atoms with Crippen LogP contribution in [0.4, 0.5) is 11.6 Å². The van der Waals surface area contributed by atoms with Crippen LogP contribution in [0.25, 0.3) is 0 Å². The van der Waals surface area contributed by atoms with Crippen LogP contribution < -0.4 is 15.5 Å². The molecule has 4 heterocycles. The third-order valence-electron chi connectivity index (χ3n) is 6.66. The first kappa shape index (κ1) is 21.6. The van der Waals surface area contributed by atoms with Crippen LogP contribution in [0.2, 0.25) is 0 Å². The molecule has 9 heteroatoms. The van der Waals surface area contributed by atoms with E-state index in [2.05, 4.69) is 43.8 Å². The molecule has 0 saturated heterocycles. The van der Waals surface area contributed by atoms with Crippen molar-refractivity contribution in [3.05, 3.63) is 70.3 Å². The lowest BCUT2D eigenvalue weighted by molar-refractivity contribution is -0.120. The van der Waals surface area contributed by atoms with Gasteiger partial charge in [0.05, 0.1) is 11.0 Å². The summed E-state index contributed by atoms with van der Waals surface area (Å²) < 4.78 is 0. The summed E-state index contributed by atoms with van der Waals surface area (Å²) in [4.78, 5) is 24.2. The molecule has 0 aliphatic carbocycles. The highest BCUT2D eigenvalue weighted by Crippen LogP contribution is 2.53. The van der Waals surface area contributed by atoms with Crippen LogP contribution in [-0.2, 0) is 10.2 Å². The van der Waals surface area contributed by atoms with E-state index in [1.807, 2.05) is 44.0 Å². The molecule has 3 aliphatic heterocycles. The van der Waals surface area contributed by atoms with Crippen molar-refractivity contribution in [1.29, 1.82) is 0 Å². The van der Waals surface area contributed by atoms with E-state index >= 15 is 0 Å². The number of rotatable bonds is 4. The zero-order valence-electron chi connectivity index (χ0n) is 19.1. The molecule has 170 valence electrons. The predicted molar refractivity (Wildman–Crippen MR) is 127 cm³/mol. The van der Waals surface area contributed by atoms with Gasteiger partial charge in [0.25, 0.3) is 5.91 Å². The third-order valence-corrected chi connectivity index (χ3v) is 6.94. The van der Waals surface area contributed by atoms with Crippen LogP contribution >= 0.6 is 11.6 Å². The lowest BCUT2D eigenvalue weighted by Gasteiger charge is -2.48. The molecule has 1 amide bonds. The zero-order chi connectivity index (χ0) is 23.4. The molecule has 0 fully saturated rings. The molecule has 33 heavy (non-hydrogen) atoms. The van der Waals surface area contributed by atoms with E-state index in [0.717, 1.165) is 22.5 Å². The van der Waals surface area contributed by atoms with Gasteiger partial charge in [-0.1, -0.05) is 30.7 Å². The number of halogens is 1. The molecule has 1 unspecified atom stereocenters. The van der Waals surface area contributed by atoms with E-state index in [4.69, 9.17) is 11.6 Å². The van der Waals surface area contributed by atoms with Crippen LogP contribution in [0.1, 0.15) is 39.2 Å². The smallest absolute Gasteiger partial charge is 0.250 e. The normalized spacial score (nSPS) is 25.4. The molecule has 0 radical (unpaired) electrons. The summed E-state index contributed by atoms with van der Waals surface area (Å²) in [6, 6.07) is 9.90. The minimum atomic E-state index is -0.763. The van der Waals surface area contributed by atoms with E-state index in [1.165, 1.54) is 0 Å². The molecule has 2 aromatic rings. The summed E-state index contributed by atoms with van der Waals surface area (Å²) in [7, 11) is 1.92.